The molecule has 0 fully saturated rings. The lowest BCUT2D eigenvalue weighted by Crippen LogP contribution is -2.56. The van der Waals surface area contributed by atoms with Gasteiger partial charge in [-0.05, 0) is 37.5 Å². The molecule has 0 unspecified atom stereocenters. The van der Waals surface area contributed by atoms with E-state index in [-0.39, 0.29) is 11.8 Å². The molecule has 0 radical (unpaired) electrons. The smallest absolute Gasteiger partial charge is 0.242 e. The first-order valence-corrected chi connectivity index (χ1v) is 9.81. The molecule has 6 heteroatoms. The molecule has 152 valence electrons. The molecule has 3 aromatic rings. The Bertz CT molecular complexity index is 973. The Kier molecular flexibility index (Phi) is 6.34. The predicted molar refractivity (Wildman–Crippen MR) is 115 cm³/mol. The van der Waals surface area contributed by atoms with Crippen molar-refractivity contribution in [2.75, 3.05) is 6.54 Å². The number of H-pyrrole nitrogens is 1. The lowest BCUT2D eigenvalue weighted by Gasteiger charge is -2.24. The molecule has 0 aliphatic carbocycles. The van der Waals surface area contributed by atoms with Gasteiger partial charge in [0, 0.05) is 30.1 Å². The molecule has 1 heterocycles. The maximum atomic E-state index is 12.9. The number of para-hydroxylation sites is 1. The van der Waals surface area contributed by atoms with Crippen LogP contribution in [0.3, 0.4) is 0 Å². The standard InChI is InChI=1S/C23H28N4O2/c1-23(2,24)22(29)27-20(14-17-15-26-19-11-7-6-10-18(17)19)21(28)25-13-12-16-8-4-3-5-9-16/h3-11,15,20,26H,12-14,24H2,1-2H3,(H,25,28)(H,27,29)/t20-/m1/s1. The van der Waals surface area contributed by atoms with E-state index in [1.165, 1.54) is 0 Å². The molecule has 5 N–H and O–H groups in total. The van der Waals surface area contributed by atoms with Gasteiger partial charge in [0.15, 0.2) is 0 Å². The fraction of sp³-hybridized carbons (Fsp3) is 0.304. The Balaban J connectivity index is 1.71. The zero-order chi connectivity index (χ0) is 20.9. The maximum Gasteiger partial charge on any atom is 0.242 e. The zero-order valence-corrected chi connectivity index (χ0v) is 16.9. The van der Waals surface area contributed by atoms with E-state index in [0.717, 1.165) is 28.5 Å². The second-order valence-electron chi connectivity index (χ2n) is 7.84. The number of aromatic amines is 1. The van der Waals surface area contributed by atoms with Crippen molar-refractivity contribution in [3.05, 3.63) is 71.9 Å². The minimum absolute atomic E-state index is 0.219. The molecule has 6 nitrogen and oxygen atoms in total. The number of nitrogens with one attached hydrogen (secondary N) is 3. The van der Waals surface area contributed by atoms with Gasteiger partial charge in [-0.2, -0.15) is 0 Å². The van der Waals surface area contributed by atoms with E-state index < -0.39 is 11.6 Å². The Morgan fingerprint density at radius 3 is 2.48 bits per heavy atom. The van der Waals surface area contributed by atoms with Gasteiger partial charge in [-0.1, -0.05) is 48.5 Å². The molecule has 2 amide bonds. The van der Waals surface area contributed by atoms with Crippen molar-refractivity contribution in [3.63, 3.8) is 0 Å². The Labute approximate surface area is 170 Å². The predicted octanol–water partition coefficient (Wildman–Crippen LogP) is 2.29. The van der Waals surface area contributed by atoms with Gasteiger partial charge >= 0.3 is 0 Å². The van der Waals surface area contributed by atoms with E-state index in [2.05, 4.69) is 15.6 Å². The van der Waals surface area contributed by atoms with Gasteiger partial charge in [0.2, 0.25) is 11.8 Å². The van der Waals surface area contributed by atoms with Gasteiger partial charge in [-0.15, -0.1) is 0 Å². The number of fused-ring (bicyclic) bond motifs is 1. The monoisotopic (exact) mass is 392 g/mol. The van der Waals surface area contributed by atoms with Crippen molar-refractivity contribution < 1.29 is 9.59 Å². The van der Waals surface area contributed by atoms with E-state index in [9.17, 15) is 9.59 Å². The molecular formula is C23H28N4O2. The van der Waals surface area contributed by atoms with Gasteiger partial charge in [-0.3, -0.25) is 9.59 Å². The summed E-state index contributed by atoms with van der Waals surface area (Å²) in [7, 11) is 0. The number of benzene rings is 2. The molecule has 0 saturated carbocycles. The summed E-state index contributed by atoms with van der Waals surface area (Å²) in [5.41, 5.74) is 7.97. The van der Waals surface area contributed by atoms with Crippen LogP contribution in [0, 0.1) is 0 Å². The number of aromatic nitrogens is 1. The highest BCUT2D eigenvalue weighted by atomic mass is 16.2. The normalized spacial score (nSPS) is 12.5. The van der Waals surface area contributed by atoms with Crippen LogP contribution in [0.5, 0.6) is 0 Å². The number of amides is 2. The Hall–Kier alpha value is -3.12. The van der Waals surface area contributed by atoms with Crippen molar-refractivity contribution in [1.29, 1.82) is 0 Å². The van der Waals surface area contributed by atoms with Crippen molar-refractivity contribution >= 4 is 22.7 Å². The number of nitrogens with two attached hydrogens (primary N) is 1. The average molecular weight is 393 g/mol. The van der Waals surface area contributed by atoms with Crippen LogP contribution >= 0.6 is 0 Å². The van der Waals surface area contributed by atoms with E-state index in [1.807, 2.05) is 60.8 Å². The highest BCUT2D eigenvalue weighted by molar-refractivity contribution is 5.92. The summed E-state index contributed by atoms with van der Waals surface area (Å²) in [4.78, 5) is 28.5. The summed E-state index contributed by atoms with van der Waals surface area (Å²) in [6, 6.07) is 17.1. The van der Waals surface area contributed by atoms with Crippen LogP contribution in [-0.2, 0) is 22.4 Å². The van der Waals surface area contributed by atoms with Crippen molar-refractivity contribution in [1.82, 2.24) is 15.6 Å². The highest BCUT2D eigenvalue weighted by Crippen LogP contribution is 2.19. The molecule has 1 atom stereocenters. The van der Waals surface area contributed by atoms with E-state index in [4.69, 9.17) is 5.73 Å². The fourth-order valence-electron chi connectivity index (χ4n) is 3.17. The minimum atomic E-state index is -1.07. The van der Waals surface area contributed by atoms with E-state index >= 15 is 0 Å². The molecule has 1 aromatic heterocycles. The number of carbonyl (C=O) groups is 2. The molecule has 0 spiro atoms. The van der Waals surface area contributed by atoms with Crippen molar-refractivity contribution in [2.45, 2.75) is 38.3 Å². The summed E-state index contributed by atoms with van der Waals surface area (Å²) in [6.07, 6.45) is 2.99. The summed E-state index contributed by atoms with van der Waals surface area (Å²) >= 11 is 0. The van der Waals surface area contributed by atoms with Crippen LogP contribution in [0.25, 0.3) is 10.9 Å². The SMILES string of the molecule is CC(C)(N)C(=O)N[C@H](Cc1c[nH]c2ccccc12)C(=O)NCCc1ccccc1. The third kappa shape index (κ3) is 5.45. The fourth-order valence-corrected chi connectivity index (χ4v) is 3.17. The first-order valence-electron chi connectivity index (χ1n) is 9.81. The third-order valence-corrected chi connectivity index (χ3v) is 4.86. The summed E-state index contributed by atoms with van der Waals surface area (Å²) in [5.74, 6) is -0.579. The van der Waals surface area contributed by atoms with Gasteiger partial charge in [0.25, 0.3) is 0 Å². The number of carbonyl (C=O) groups excluding carboxylic acids is 2. The van der Waals surface area contributed by atoms with E-state index in [1.54, 1.807) is 13.8 Å². The third-order valence-electron chi connectivity index (χ3n) is 4.86. The minimum Gasteiger partial charge on any atom is -0.361 e. The van der Waals surface area contributed by atoms with E-state index in [0.29, 0.717) is 13.0 Å². The number of hydrogen-bond donors (Lipinski definition) is 4. The second-order valence-corrected chi connectivity index (χ2v) is 7.84. The van der Waals surface area contributed by atoms with Crippen molar-refractivity contribution in [2.24, 2.45) is 5.73 Å². The first-order chi connectivity index (χ1) is 13.8. The molecule has 0 bridgehead atoms. The molecule has 0 aliphatic rings. The van der Waals surface area contributed by atoms with Crippen molar-refractivity contribution in [3.8, 4) is 0 Å². The van der Waals surface area contributed by atoms with Crippen LogP contribution < -0.4 is 16.4 Å². The molecule has 29 heavy (non-hydrogen) atoms. The Morgan fingerprint density at radius 2 is 1.76 bits per heavy atom. The van der Waals surface area contributed by atoms with Crippen LogP contribution in [0.4, 0.5) is 0 Å². The molecule has 2 aromatic carbocycles. The van der Waals surface area contributed by atoms with Gasteiger partial charge in [0.05, 0.1) is 5.54 Å². The van der Waals surface area contributed by atoms with Gasteiger partial charge in [-0.25, -0.2) is 0 Å². The van der Waals surface area contributed by atoms with Crippen LogP contribution in [0.15, 0.2) is 60.8 Å². The van der Waals surface area contributed by atoms with Crippen LogP contribution in [0.1, 0.15) is 25.0 Å². The summed E-state index contributed by atoms with van der Waals surface area (Å²) in [5, 5.41) is 6.80. The largest absolute Gasteiger partial charge is 0.361 e. The topological polar surface area (TPSA) is 100 Å². The maximum absolute atomic E-state index is 12.9. The van der Waals surface area contributed by atoms with Crippen LogP contribution in [-0.4, -0.2) is 34.9 Å². The molecule has 0 aliphatic heterocycles. The first kappa shape index (κ1) is 20.6. The van der Waals surface area contributed by atoms with Gasteiger partial charge in [0.1, 0.15) is 6.04 Å². The average Bonchev–Trinajstić information content (AvgIpc) is 3.10. The zero-order valence-electron chi connectivity index (χ0n) is 16.9. The molecular weight excluding hydrogens is 364 g/mol. The lowest BCUT2D eigenvalue weighted by atomic mass is 10.0. The highest BCUT2D eigenvalue weighted by Gasteiger charge is 2.28. The quantitative estimate of drug-likeness (QED) is 0.473. The van der Waals surface area contributed by atoms with Crippen LogP contribution in [0.2, 0.25) is 0 Å². The second kappa shape index (κ2) is 8.92. The molecule has 0 saturated heterocycles. The number of rotatable bonds is 8. The summed E-state index contributed by atoms with van der Waals surface area (Å²) in [6.45, 7) is 3.74. The Morgan fingerprint density at radius 1 is 1.07 bits per heavy atom. The lowest BCUT2D eigenvalue weighted by molar-refractivity contribution is -0.131. The molecule has 3 rings (SSSR count). The summed E-state index contributed by atoms with van der Waals surface area (Å²) < 4.78 is 0. The number of hydrogen-bond acceptors (Lipinski definition) is 3. The van der Waals surface area contributed by atoms with Gasteiger partial charge < -0.3 is 21.4 Å².